The molecule has 3 rings (SSSR count). The Morgan fingerprint density at radius 1 is 0.862 bits per heavy atom. The van der Waals surface area contributed by atoms with E-state index in [-0.39, 0.29) is 5.41 Å². The Hall–Kier alpha value is -3.06. The maximum Gasteiger partial charge on any atom is 0.323 e. The smallest absolute Gasteiger partial charge is 0.308 e. The first-order valence-electron chi connectivity index (χ1n) is 9.20. The Kier molecular flexibility index (Phi) is 5.53. The van der Waals surface area contributed by atoms with Crippen molar-refractivity contribution in [3.8, 4) is 0 Å². The standard InChI is InChI=1S/C22H25N3O3S/c1-22(2,3)16-12-17(14-18(13-16)25-29(4,27)28)23-21(26)24-20-11-7-9-15-8-5-6-10-19(15)20/h5-14,25H,1-4H3,(H2,23,24,26). The molecule has 3 aromatic rings. The highest BCUT2D eigenvalue weighted by molar-refractivity contribution is 7.92. The maximum atomic E-state index is 12.6. The van der Waals surface area contributed by atoms with Crippen molar-refractivity contribution in [1.82, 2.24) is 0 Å². The highest BCUT2D eigenvalue weighted by Gasteiger charge is 2.17. The van der Waals surface area contributed by atoms with E-state index in [1.54, 1.807) is 12.1 Å². The van der Waals surface area contributed by atoms with E-state index in [9.17, 15) is 13.2 Å². The molecule has 2 amide bonds. The fourth-order valence-corrected chi connectivity index (χ4v) is 3.57. The summed E-state index contributed by atoms with van der Waals surface area (Å²) in [6.07, 6.45) is 1.09. The number of sulfonamides is 1. The van der Waals surface area contributed by atoms with Crippen LogP contribution in [0.1, 0.15) is 26.3 Å². The largest absolute Gasteiger partial charge is 0.323 e. The lowest BCUT2D eigenvalue weighted by molar-refractivity contribution is 0.262. The van der Waals surface area contributed by atoms with Gasteiger partial charge in [0.1, 0.15) is 0 Å². The van der Waals surface area contributed by atoms with E-state index in [1.165, 1.54) is 0 Å². The van der Waals surface area contributed by atoms with Gasteiger partial charge in [-0.05, 0) is 40.6 Å². The van der Waals surface area contributed by atoms with Crippen LogP contribution in [0.3, 0.4) is 0 Å². The molecule has 0 fully saturated rings. The first-order valence-corrected chi connectivity index (χ1v) is 11.1. The monoisotopic (exact) mass is 411 g/mol. The lowest BCUT2D eigenvalue weighted by atomic mass is 9.86. The fourth-order valence-electron chi connectivity index (χ4n) is 3.02. The van der Waals surface area contributed by atoms with Gasteiger partial charge in [0.05, 0.1) is 17.6 Å². The molecule has 0 heterocycles. The van der Waals surface area contributed by atoms with Crippen LogP contribution in [-0.4, -0.2) is 20.7 Å². The van der Waals surface area contributed by atoms with Crippen molar-refractivity contribution in [1.29, 1.82) is 0 Å². The molecule has 3 aromatic carbocycles. The summed E-state index contributed by atoms with van der Waals surface area (Å²) in [6, 6.07) is 18.3. The van der Waals surface area contributed by atoms with Crippen LogP contribution in [0.4, 0.5) is 21.9 Å². The van der Waals surface area contributed by atoms with Gasteiger partial charge < -0.3 is 10.6 Å². The van der Waals surface area contributed by atoms with Gasteiger partial charge in [-0.25, -0.2) is 13.2 Å². The van der Waals surface area contributed by atoms with Crippen LogP contribution in [0.5, 0.6) is 0 Å². The Balaban J connectivity index is 1.88. The summed E-state index contributed by atoms with van der Waals surface area (Å²) < 4.78 is 25.8. The molecular weight excluding hydrogens is 386 g/mol. The van der Waals surface area contributed by atoms with Crippen LogP contribution in [0, 0.1) is 0 Å². The van der Waals surface area contributed by atoms with E-state index in [0.717, 1.165) is 22.6 Å². The van der Waals surface area contributed by atoms with Gasteiger partial charge in [0.25, 0.3) is 0 Å². The summed E-state index contributed by atoms with van der Waals surface area (Å²) in [4.78, 5) is 12.6. The number of nitrogens with one attached hydrogen (secondary N) is 3. The summed E-state index contributed by atoms with van der Waals surface area (Å²) in [5.74, 6) is 0. The first kappa shape index (κ1) is 20.7. The van der Waals surface area contributed by atoms with Gasteiger partial charge in [0, 0.05) is 11.1 Å². The molecule has 6 nitrogen and oxygen atoms in total. The van der Waals surface area contributed by atoms with Crippen molar-refractivity contribution in [3.63, 3.8) is 0 Å². The molecule has 0 aliphatic heterocycles. The molecule has 0 bridgehead atoms. The molecule has 0 unspecified atom stereocenters. The Morgan fingerprint density at radius 3 is 2.21 bits per heavy atom. The van der Waals surface area contributed by atoms with E-state index in [1.807, 2.05) is 69.3 Å². The van der Waals surface area contributed by atoms with E-state index in [4.69, 9.17) is 0 Å². The average molecular weight is 412 g/mol. The van der Waals surface area contributed by atoms with Gasteiger partial charge in [-0.2, -0.15) is 0 Å². The highest BCUT2D eigenvalue weighted by Crippen LogP contribution is 2.29. The molecular formula is C22H25N3O3S. The van der Waals surface area contributed by atoms with Gasteiger partial charge in [-0.15, -0.1) is 0 Å². The molecule has 0 saturated carbocycles. The Labute approximate surface area is 171 Å². The molecule has 0 aliphatic rings. The molecule has 0 aliphatic carbocycles. The molecule has 152 valence electrons. The third kappa shape index (κ3) is 5.48. The minimum atomic E-state index is -3.44. The number of carbonyl (C=O) groups is 1. The van der Waals surface area contributed by atoms with Crippen LogP contribution in [0.15, 0.2) is 60.7 Å². The van der Waals surface area contributed by atoms with Crippen molar-refractivity contribution in [2.45, 2.75) is 26.2 Å². The third-order valence-electron chi connectivity index (χ3n) is 4.40. The fraction of sp³-hybridized carbons (Fsp3) is 0.227. The lowest BCUT2D eigenvalue weighted by Gasteiger charge is -2.22. The van der Waals surface area contributed by atoms with Gasteiger partial charge in [0.2, 0.25) is 10.0 Å². The molecule has 3 N–H and O–H groups in total. The summed E-state index contributed by atoms with van der Waals surface area (Å²) >= 11 is 0. The molecule has 29 heavy (non-hydrogen) atoms. The zero-order valence-electron chi connectivity index (χ0n) is 16.9. The number of amides is 2. The van der Waals surface area contributed by atoms with Crippen LogP contribution < -0.4 is 15.4 Å². The Morgan fingerprint density at radius 2 is 1.52 bits per heavy atom. The minimum absolute atomic E-state index is 0.224. The SMILES string of the molecule is CC(C)(C)c1cc(NC(=O)Nc2cccc3ccccc23)cc(NS(C)(=O)=O)c1. The number of carbonyl (C=O) groups excluding carboxylic acids is 1. The quantitative estimate of drug-likeness (QED) is 0.555. The van der Waals surface area contributed by atoms with Crippen LogP contribution >= 0.6 is 0 Å². The number of rotatable bonds is 4. The van der Waals surface area contributed by atoms with Gasteiger partial charge in [0.15, 0.2) is 0 Å². The molecule has 0 aromatic heterocycles. The van der Waals surface area contributed by atoms with Gasteiger partial charge >= 0.3 is 6.03 Å². The van der Waals surface area contributed by atoms with Crippen LogP contribution in [0.2, 0.25) is 0 Å². The number of benzene rings is 3. The summed E-state index contributed by atoms with van der Waals surface area (Å²) in [5.41, 5.74) is 2.27. The molecule has 0 atom stereocenters. The molecule has 0 saturated heterocycles. The molecule has 0 spiro atoms. The van der Waals surface area contributed by atoms with Gasteiger partial charge in [-0.3, -0.25) is 4.72 Å². The van der Waals surface area contributed by atoms with Crippen LogP contribution in [0.25, 0.3) is 10.8 Å². The predicted octanol–water partition coefficient (Wildman–Crippen LogP) is 5.15. The number of fused-ring (bicyclic) bond motifs is 1. The van der Waals surface area contributed by atoms with E-state index in [2.05, 4.69) is 15.4 Å². The van der Waals surface area contributed by atoms with Crippen molar-refractivity contribution in [2.24, 2.45) is 0 Å². The zero-order valence-corrected chi connectivity index (χ0v) is 17.7. The second kappa shape index (κ2) is 7.75. The minimum Gasteiger partial charge on any atom is -0.308 e. The molecule has 7 heteroatoms. The normalized spacial score (nSPS) is 11.9. The van der Waals surface area contributed by atoms with Crippen molar-refractivity contribution < 1.29 is 13.2 Å². The highest BCUT2D eigenvalue weighted by atomic mass is 32.2. The van der Waals surface area contributed by atoms with Gasteiger partial charge in [-0.1, -0.05) is 57.2 Å². The first-order chi connectivity index (χ1) is 13.5. The van der Waals surface area contributed by atoms with Crippen molar-refractivity contribution in [2.75, 3.05) is 21.6 Å². The zero-order chi connectivity index (χ0) is 21.2. The van der Waals surface area contributed by atoms with Crippen molar-refractivity contribution >= 4 is 43.9 Å². The summed E-state index contributed by atoms with van der Waals surface area (Å²) in [5, 5.41) is 7.64. The molecule has 0 radical (unpaired) electrons. The topological polar surface area (TPSA) is 87.3 Å². The number of urea groups is 1. The summed E-state index contributed by atoms with van der Waals surface area (Å²) in [6.45, 7) is 6.06. The maximum absolute atomic E-state index is 12.6. The predicted molar refractivity (Wildman–Crippen MR) is 120 cm³/mol. The number of hydrogen-bond donors (Lipinski definition) is 3. The summed E-state index contributed by atoms with van der Waals surface area (Å²) in [7, 11) is -3.44. The second-order valence-corrected chi connectivity index (χ2v) is 9.78. The third-order valence-corrected chi connectivity index (χ3v) is 5.00. The van der Waals surface area contributed by atoms with E-state index in [0.29, 0.717) is 17.1 Å². The lowest BCUT2D eigenvalue weighted by Crippen LogP contribution is -2.21. The van der Waals surface area contributed by atoms with E-state index < -0.39 is 16.1 Å². The van der Waals surface area contributed by atoms with Crippen LogP contribution in [-0.2, 0) is 15.4 Å². The average Bonchev–Trinajstić information content (AvgIpc) is 2.59. The Bertz CT molecular complexity index is 1160. The van der Waals surface area contributed by atoms with E-state index >= 15 is 0 Å². The second-order valence-electron chi connectivity index (χ2n) is 8.03. The number of anilines is 3. The number of hydrogen-bond acceptors (Lipinski definition) is 3. The van der Waals surface area contributed by atoms with Crippen molar-refractivity contribution in [3.05, 3.63) is 66.2 Å².